The zero-order valence-corrected chi connectivity index (χ0v) is 21.2. The van der Waals surface area contributed by atoms with Gasteiger partial charge in [0.2, 0.25) is 8.32 Å². The third-order valence-electron chi connectivity index (χ3n) is 3.05. The average Bonchev–Trinajstić information content (AvgIpc) is 2.97. The second kappa shape index (κ2) is 13.9. The molecule has 0 atom stereocenters. The number of hydrogen-bond donors (Lipinski definition) is 0. The van der Waals surface area contributed by atoms with Gasteiger partial charge in [0, 0.05) is 8.80 Å². The summed E-state index contributed by atoms with van der Waals surface area (Å²) in [6.45, 7) is 13.7. The van der Waals surface area contributed by atoms with Crippen LogP contribution in [0.5, 0.6) is 0 Å². The molecule has 0 aromatic carbocycles. The molecule has 0 amide bonds. The summed E-state index contributed by atoms with van der Waals surface area (Å²) in [6.07, 6.45) is 15.6. The zero-order valence-electron chi connectivity index (χ0n) is 15.1. The van der Waals surface area contributed by atoms with Crippen molar-refractivity contribution < 1.29 is 55.4 Å². The van der Waals surface area contributed by atoms with Crippen LogP contribution in [0.15, 0.2) is 34.8 Å². The Balaban J connectivity index is -0.000000431. The molecule has 0 aliphatic heterocycles. The van der Waals surface area contributed by atoms with Crippen LogP contribution in [-0.4, -0.2) is 17.1 Å². The van der Waals surface area contributed by atoms with E-state index in [1.807, 2.05) is 12.2 Å². The first-order chi connectivity index (χ1) is 9.35. The van der Waals surface area contributed by atoms with Crippen molar-refractivity contribution in [1.29, 1.82) is 0 Å². The van der Waals surface area contributed by atoms with Gasteiger partial charge in [-0.3, -0.25) is 12.2 Å². The number of allylic oxidation sites excluding steroid dienone is 7. The maximum Gasteiger partial charge on any atom is 4.00 e. The van der Waals surface area contributed by atoms with Crippen LogP contribution in [0.3, 0.4) is 0 Å². The molecule has 0 radical (unpaired) electrons. The van der Waals surface area contributed by atoms with Crippen LogP contribution in [-0.2, 0) is 30.6 Å². The van der Waals surface area contributed by atoms with E-state index in [4.69, 9.17) is 4.43 Å². The van der Waals surface area contributed by atoms with E-state index in [2.05, 4.69) is 57.9 Å². The maximum absolute atomic E-state index is 6.14. The Morgan fingerprint density at radius 3 is 2.13 bits per heavy atom. The topological polar surface area (TPSA) is 9.23 Å². The third kappa shape index (κ3) is 11.0. The van der Waals surface area contributed by atoms with Crippen molar-refractivity contribution in [2.45, 2.75) is 58.9 Å². The molecule has 0 aromatic rings. The van der Waals surface area contributed by atoms with Gasteiger partial charge in [0.05, 0.1) is 0 Å². The molecule has 1 nitrogen and oxygen atoms in total. The normalized spacial score (nSPS) is 15.2. The van der Waals surface area contributed by atoms with Gasteiger partial charge in [0.1, 0.15) is 0 Å². The summed E-state index contributed by atoms with van der Waals surface area (Å²) in [5, 5.41) is 1.52. The Labute approximate surface area is 177 Å². The third-order valence-corrected chi connectivity index (χ3v) is 5.61. The monoisotopic (exact) mass is 464 g/mol. The van der Waals surface area contributed by atoms with Crippen molar-refractivity contribution in [1.82, 2.24) is 0 Å². The quantitative estimate of drug-likeness (QED) is 0.381. The molecule has 0 aromatic heterocycles. The fourth-order valence-corrected chi connectivity index (χ4v) is 4.79. The molecule has 0 spiro atoms. The Morgan fingerprint density at radius 2 is 1.83 bits per heavy atom. The van der Waals surface area contributed by atoms with Gasteiger partial charge in [-0.2, -0.15) is 11.6 Å². The molecule has 0 saturated heterocycles. The SMILES string of the molecule is CCC1=C(O[Si](C)(C)C)C[C-]=C1[SiH](C)C.[C-]1=CC=CC1.[Cl-].[Cl-].[Zr+4]. The summed E-state index contributed by atoms with van der Waals surface area (Å²) >= 11 is 0. The van der Waals surface area contributed by atoms with Crippen molar-refractivity contribution in [3.05, 3.63) is 46.9 Å². The molecule has 0 N–H and O–H groups in total. The molecule has 0 saturated carbocycles. The first kappa shape index (κ1) is 28.5. The summed E-state index contributed by atoms with van der Waals surface area (Å²) in [5.74, 6) is 1.23. The summed E-state index contributed by atoms with van der Waals surface area (Å²) in [6, 6.07) is 0. The van der Waals surface area contributed by atoms with Gasteiger partial charge < -0.3 is 29.2 Å². The fraction of sp³-hybridized carbons (Fsp3) is 0.529. The van der Waals surface area contributed by atoms with E-state index in [0.717, 1.165) is 19.3 Å². The Morgan fingerprint density at radius 1 is 1.22 bits per heavy atom. The van der Waals surface area contributed by atoms with Crippen LogP contribution < -0.4 is 24.8 Å². The van der Waals surface area contributed by atoms with Gasteiger partial charge in [-0.1, -0.05) is 32.9 Å². The van der Waals surface area contributed by atoms with Gasteiger partial charge in [-0.15, -0.1) is 6.42 Å². The largest absolute Gasteiger partial charge is 4.00 e. The van der Waals surface area contributed by atoms with E-state index in [0.29, 0.717) is 0 Å². The van der Waals surface area contributed by atoms with E-state index in [1.165, 1.54) is 16.5 Å². The molecule has 2 aliphatic carbocycles. The minimum absolute atomic E-state index is 0. The van der Waals surface area contributed by atoms with Crippen LogP contribution in [0.1, 0.15) is 26.2 Å². The summed E-state index contributed by atoms with van der Waals surface area (Å²) < 4.78 is 6.14. The van der Waals surface area contributed by atoms with Crippen LogP contribution >= 0.6 is 0 Å². The van der Waals surface area contributed by atoms with E-state index in [1.54, 1.807) is 0 Å². The number of halogens is 2. The molecule has 128 valence electrons. The summed E-state index contributed by atoms with van der Waals surface area (Å²) in [5.41, 5.74) is 1.47. The molecule has 0 fully saturated rings. The van der Waals surface area contributed by atoms with Crippen molar-refractivity contribution >= 4 is 17.1 Å². The van der Waals surface area contributed by atoms with Crippen LogP contribution in [0, 0.1) is 12.2 Å². The van der Waals surface area contributed by atoms with Crippen LogP contribution in [0.25, 0.3) is 0 Å². The maximum atomic E-state index is 6.14. The molecule has 0 unspecified atom stereocenters. The van der Waals surface area contributed by atoms with Gasteiger partial charge in [-0.05, 0) is 25.4 Å². The molecular formula is C17H28Cl2OSi2Zr. The Hall–Kier alpha value is 0.657. The first-order valence-corrected chi connectivity index (χ1v) is 13.9. The van der Waals surface area contributed by atoms with Gasteiger partial charge in [-0.25, -0.2) is 17.3 Å². The van der Waals surface area contributed by atoms with Crippen LogP contribution in [0.2, 0.25) is 32.7 Å². The molecular weight excluding hydrogens is 438 g/mol. The standard InChI is InChI=1S/C12H23OSi2.C5H5.2ClH.Zr/c1-7-10-11(13-15(4,5)6)8-9-12(10)14(2)3;1-2-4-5-3-1;;;/h14H,7-8H2,1-6H3;1-3H,4H2;2*1H;/q2*-1;;;+4/p-2. The molecule has 2 rings (SSSR count). The van der Waals surface area contributed by atoms with Gasteiger partial charge in [0.15, 0.2) is 0 Å². The fourth-order valence-electron chi connectivity index (χ4n) is 2.29. The molecule has 23 heavy (non-hydrogen) atoms. The van der Waals surface area contributed by atoms with Crippen molar-refractivity contribution in [2.75, 3.05) is 0 Å². The Bertz CT molecular complexity index is 440. The van der Waals surface area contributed by atoms with Gasteiger partial charge in [0.25, 0.3) is 0 Å². The predicted molar refractivity (Wildman–Crippen MR) is 93.6 cm³/mol. The van der Waals surface area contributed by atoms with Crippen molar-refractivity contribution in [3.63, 3.8) is 0 Å². The number of hydrogen-bond acceptors (Lipinski definition) is 1. The molecule has 2 aliphatic rings. The van der Waals surface area contributed by atoms with E-state index >= 15 is 0 Å². The van der Waals surface area contributed by atoms with Crippen molar-refractivity contribution in [3.8, 4) is 0 Å². The van der Waals surface area contributed by atoms with E-state index < -0.39 is 17.1 Å². The zero-order chi connectivity index (χ0) is 15.2. The average molecular weight is 467 g/mol. The van der Waals surface area contributed by atoms with E-state index in [-0.39, 0.29) is 51.0 Å². The predicted octanol–water partition coefficient (Wildman–Crippen LogP) is -1.03. The molecule has 6 heteroatoms. The van der Waals surface area contributed by atoms with Gasteiger partial charge >= 0.3 is 26.2 Å². The smallest absolute Gasteiger partial charge is 1.00 e. The second-order valence-electron chi connectivity index (χ2n) is 6.39. The molecule has 0 bridgehead atoms. The minimum atomic E-state index is -1.44. The Kier molecular flexibility index (Phi) is 17.2. The first-order valence-electron chi connectivity index (χ1n) is 7.59. The van der Waals surface area contributed by atoms with Crippen LogP contribution in [0.4, 0.5) is 0 Å². The number of rotatable bonds is 4. The minimum Gasteiger partial charge on any atom is -1.00 e. The summed E-state index contributed by atoms with van der Waals surface area (Å²) in [4.78, 5) is 0. The second-order valence-corrected chi connectivity index (χ2v) is 13.7. The van der Waals surface area contributed by atoms with Crippen molar-refractivity contribution in [2.24, 2.45) is 0 Å². The van der Waals surface area contributed by atoms with E-state index in [9.17, 15) is 0 Å². The summed E-state index contributed by atoms with van der Waals surface area (Å²) in [7, 11) is -2.16. The molecule has 0 heterocycles.